The molecule has 0 fully saturated rings. The summed E-state index contributed by atoms with van der Waals surface area (Å²) in [6.45, 7) is 2.01. The van der Waals surface area contributed by atoms with Gasteiger partial charge in [0.2, 0.25) is 0 Å². The third-order valence-corrected chi connectivity index (χ3v) is 4.81. The highest BCUT2D eigenvalue weighted by Crippen LogP contribution is 2.13. The summed E-state index contributed by atoms with van der Waals surface area (Å²) in [5.41, 5.74) is 0. The molecule has 7 heteroatoms. The molecule has 1 aromatic rings. The summed E-state index contributed by atoms with van der Waals surface area (Å²) in [5, 5.41) is 0. The Hall–Kier alpha value is -1.21. The van der Waals surface area contributed by atoms with Gasteiger partial charge in [-0.1, -0.05) is 0 Å². The van der Waals surface area contributed by atoms with E-state index in [-0.39, 0.29) is 23.0 Å². The minimum Gasteiger partial charge on any atom is -0.466 e. The molecule has 0 radical (unpaired) electrons. The normalized spacial score (nSPS) is 12.9. The first-order chi connectivity index (χ1) is 8.84. The molecule has 1 atom stereocenters. The highest BCUT2D eigenvalue weighted by molar-refractivity contribution is 7.90. The van der Waals surface area contributed by atoms with Crippen molar-refractivity contribution in [1.29, 1.82) is 0 Å². The predicted octanol–water partition coefficient (Wildman–Crippen LogP) is 1.15. The Balaban J connectivity index is 2.66. The zero-order chi connectivity index (χ0) is 14.5. The van der Waals surface area contributed by atoms with Crippen LogP contribution in [0.15, 0.2) is 34.1 Å². The highest BCUT2D eigenvalue weighted by Gasteiger charge is 2.11. The lowest BCUT2D eigenvalue weighted by atomic mass is 10.4. The third kappa shape index (κ3) is 5.12. The standard InChI is InChI=1S/C12H16O5S2/c1-3-17-12(13)8-9-18(14)10-4-6-11(7-5-10)19(2,15)16/h4-7H,3,8-9H2,1-2H3. The molecular formula is C12H16O5S2. The van der Waals surface area contributed by atoms with Gasteiger partial charge in [0, 0.05) is 16.9 Å². The molecule has 0 aromatic heterocycles. The van der Waals surface area contributed by atoms with Crippen molar-refractivity contribution in [3.8, 4) is 0 Å². The van der Waals surface area contributed by atoms with Crippen LogP contribution in [0.2, 0.25) is 0 Å². The van der Waals surface area contributed by atoms with E-state index in [0.717, 1.165) is 6.26 Å². The number of sulfone groups is 1. The molecule has 106 valence electrons. The molecular weight excluding hydrogens is 288 g/mol. The van der Waals surface area contributed by atoms with Crippen molar-refractivity contribution < 1.29 is 22.2 Å². The topological polar surface area (TPSA) is 77.5 Å². The summed E-state index contributed by atoms with van der Waals surface area (Å²) >= 11 is 0. The maximum absolute atomic E-state index is 11.9. The second kappa shape index (κ2) is 6.81. The molecule has 1 aromatic carbocycles. The fourth-order valence-electron chi connectivity index (χ4n) is 1.37. The third-order valence-electron chi connectivity index (χ3n) is 2.31. The number of rotatable bonds is 6. The summed E-state index contributed by atoms with van der Waals surface area (Å²) in [6.07, 6.45) is 1.19. The number of carbonyl (C=O) groups is 1. The Labute approximate surface area is 115 Å². The molecule has 0 amide bonds. The van der Waals surface area contributed by atoms with E-state index in [2.05, 4.69) is 0 Å². The van der Waals surface area contributed by atoms with Gasteiger partial charge >= 0.3 is 5.97 Å². The van der Waals surface area contributed by atoms with Crippen LogP contribution in [0.1, 0.15) is 13.3 Å². The molecule has 19 heavy (non-hydrogen) atoms. The van der Waals surface area contributed by atoms with Gasteiger partial charge in [-0.05, 0) is 31.2 Å². The molecule has 0 aliphatic carbocycles. The molecule has 0 N–H and O–H groups in total. The molecule has 0 aliphatic rings. The van der Waals surface area contributed by atoms with E-state index < -0.39 is 20.6 Å². The van der Waals surface area contributed by atoms with E-state index in [4.69, 9.17) is 4.74 Å². The van der Waals surface area contributed by atoms with Crippen molar-refractivity contribution in [2.24, 2.45) is 0 Å². The van der Waals surface area contributed by atoms with Crippen LogP contribution in [0.4, 0.5) is 0 Å². The number of ether oxygens (including phenoxy) is 1. The van der Waals surface area contributed by atoms with Gasteiger partial charge in [-0.2, -0.15) is 0 Å². The summed E-state index contributed by atoms with van der Waals surface area (Å²) in [7, 11) is -4.59. The lowest BCUT2D eigenvalue weighted by Gasteiger charge is -2.04. The van der Waals surface area contributed by atoms with Gasteiger partial charge in [-0.15, -0.1) is 0 Å². The van der Waals surface area contributed by atoms with Crippen molar-refractivity contribution in [3.05, 3.63) is 24.3 Å². The van der Waals surface area contributed by atoms with E-state index in [1.807, 2.05) is 0 Å². The average molecular weight is 304 g/mol. The quantitative estimate of drug-likeness (QED) is 0.737. The van der Waals surface area contributed by atoms with Gasteiger partial charge in [-0.25, -0.2) is 8.42 Å². The number of esters is 1. The zero-order valence-electron chi connectivity index (χ0n) is 10.8. The molecule has 0 saturated heterocycles. The molecule has 0 saturated carbocycles. The monoisotopic (exact) mass is 304 g/mol. The lowest BCUT2D eigenvalue weighted by Crippen LogP contribution is -2.09. The van der Waals surface area contributed by atoms with Gasteiger partial charge < -0.3 is 4.74 Å². The first-order valence-electron chi connectivity index (χ1n) is 5.68. The van der Waals surface area contributed by atoms with Crippen LogP contribution in [0.5, 0.6) is 0 Å². The molecule has 1 unspecified atom stereocenters. The van der Waals surface area contributed by atoms with Crippen molar-refractivity contribution in [2.45, 2.75) is 23.1 Å². The van der Waals surface area contributed by atoms with Gasteiger partial charge in [0.25, 0.3) is 0 Å². The van der Waals surface area contributed by atoms with Crippen LogP contribution >= 0.6 is 0 Å². The van der Waals surface area contributed by atoms with Crippen LogP contribution < -0.4 is 0 Å². The molecule has 0 aliphatic heterocycles. The number of benzene rings is 1. The van der Waals surface area contributed by atoms with E-state index in [0.29, 0.717) is 11.5 Å². The first kappa shape index (κ1) is 15.8. The summed E-state index contributed by atoms with van der Waals surface area (Å²) in [5.74, 6) is -0.222. The van der Waals surface area contributed by atoms with E-state index in [9.17, 15) is 17.4 Å². The SMILES string of the molecule is CCOC(=O)CCS(=O)c1ccc(S(C)(=O)=O)cc1. The van der Waals surface area contributed by atoms with Gasteiger partial charge in [0.05, 0.1) is 28.7 Å². The number of hydrogen-bond donors (Lipinski definition) is 0. The molecule has 1 rings (SSSR count). The number of hydrogen-bond acceptors (Lipinski definition) is 5. The minimum atomic E-state index is -3.25. The summed E-state index contributed by atoms with van der Waals surface area (Å²) in [6, 6.07) is 5.81. The van der Waals surface area contributed by atoms with Crippen molar-refractivity contribution >= 4 is 26.6 Å². The second-order valence-electron chi connectivity index (χ2n) is 3.85. The fraction of sp³-hybridized carbons (Fsp3) is 0.417. The molecule has 5 nitrogen and oxygen atoms in total. The van der Waals surface area contributed by atoms with Crippen LogP contribution in [-0.4, -0.2) is 37.2 Å². The largest absolute Gasteiger partial charge is 0.466 e. The smallest absolute Gasteiger partial charge is 0.306 e. The Morgan fingerprint density at radius 2 is 1.84 bits per heavy atom. The van der Waals surface area contributed by atoms with Crippen LogP contribution in [0.3, 0.4) is 0 Å². The summed E-state index contributed by atoms with van der Waals surface area (Å²) < 4.78 is 39.1. The zero-order valence-corrected chi connectivity index (χ0v) is 12.4. The van der Waals surface area contributed by atoms with Gasteiger partial charge in [0.1, 0.15) is 0 Å². The Morgan fingerprint density at radius 3 is 2.32 bits per heavy atom. The molecule has 0 bridgehead atoms. The van der Waals surface area contributed by atoms with Crippen LogP contribution in [0.25, 0.3) is 0 Å². The highest BCUT2D eigenvalue weighted by atomic mass is 32.2. The average Bonchev–Trinajstić information content (AvgIpc) is 2.35. The first-order valence-corrected chi connectivity index (χ1v) is 8.89. The minimum absolute atomic E-state index is 0.0777. The fourth-order valence-corrected chi connectivity index (χ4v) is 3.02. The molecule has 0 heterocycles. The maximum atomic E-state index is 11.9. The Bertz CT molecular complexity index is 560. The Kier molecular flexibility index (Phi) is 5.68. The molecule has 0 spiro atoms. The van der Waals surface area contributed by atoms with Gasteiger partial charge in [-0.3, -0.25) is 9.00 Å². The summed E-state index contributed by atoms with van der Waals surface area (Å²) in [4.78, 5) is 11.8. The Morgan fingerprint density at radius 1 is 1.26 bits per heavy atom. The lowest BCUT2D eigenvalue weighted by molar-refractivity contribution is -0.142. The maximum Gasteiger partial charge on any atom is 0.306 e. The van der Waals surface area contributed by atoms with Crippen LogP contribution in [-0.2, 0) is 30.2 Å². The van der Waals surface area contributed by atoms with E-state index >= 15 is 0 Å². The van der Waals surface area contributed by atoms with Crippen LogP contribution in [0, 0.1) is 0 Å². The van der Waals surface area contributed by atoms with Crippen molar-refractivity contribution in [2.75, 3.05) is 18.6 Å². The van der Waals surface area contributed by atoms with Gasteiger partial charge in [0.15, 0.2) is 9.84 Å². The van der Waals surface area contributed by atoms with E-state index in [1.54, 1.807) is 6.92 Å². The van der Waals surface area contributed by atoms with E-state index in [1.165, 1.54) is 24.3 Å². The van der Waals surface area contributed by atoms with Crippen molar-refractivity contribution in [3.63, 3.8) is 0 Å². The van der Waals surface area contributed by atoms with Crippen molar-refractivity contribution in [1.82, 2.24) is 0 Å². The second-order valence-corrected chi connectivity index (χ2v) is 7.43. The predicted molar refractivity (Wildman–Crippen MR) is 72.1 cm³/mol. The number of carbonyl (C=O) groups excluding carboxylic acids is 1.